The second-order valence-electron chi connectivity index (χ2n) is 9.05. The topological polar surface area (TPSA) is 61.8 Å². The van der Waals surface area contributed by atoms with Crippen molar-refractivity contribution in [1.82, 2.24) is 10.2 Å². The van der Waals surface area contributed by atoms with Crippen LogP contribution in [0.1, 0.15) is 51.0 Å². The second kappa shape index (κ2) is 7.16. The Morgan fingerprint density at radius 3 is 2.52 bits per heavy atom. The fourth-order valence-electron chi connectivity index (χ4n) is 5.13. The van der Waals surface area contributed by atoms with E-state index in [2.05, 4.69) is 10.1 Å². The highest BCUT2D eigenvalue weighted by molar-refractivity contribution is 5.80. The van der Waals surface area contributed by atoms with E-state index in [-0.39, 0.29) is 28.5 Å². The van der Waals surface area contributed by atoms with E-state index < -0.39 is 12.6 Å². The minimum atomic E-state index is -4.71. The van der Waals surface area contributed by atoms with Crippen LogP contribution in [-0.2, 0) is 10.2 Å². The van der Waals surface area contributed by atoms with Crippen molar-refractivity contribution in [2.24, 2.45) is 5.92 Å². The van der Waals surface area contributed by atoms with Gasteiger partial charge in [-0.15, -0.1) is 13.2 Å². The molecule has 5 nitrogen and oxygen atoms in total. The molecule has 2 heterocycles. The minimum absolute atomic E-state index is 0.000620. The van der Waals surface area contributed by atoms with Gasteiger partial charge < -0.3 is 14.7 Å². The molecular formula is C21H27F3N2O3. The number of aliphatic hydroxyl groups excluding tert-OH is 1. The van der Waals surface area contributed by atoms with Crippen molar-refractivity contribution in [3.8, 4) is 5.75 Å². The molecule has 2 saturated heterocycles. The molecule has 1 aromatic rings. The van der Waals surface area contributed by atoms with Crippen LogP contribution in [0.15, 0.2) is 24.3 Å². The normalized spacial score (nSPS) is 31.6. The first kappa shape index (κ1) is 20.5. The zero-order chi connectivity index (χ0) is 20.9. The lowest BCUT2D eigenvalue weighted by atomic mass is 9.66. The maximum absolute atomic E-state index is 12.9. The Morgan fingerprint density at radius 2 is 1.93 bits per heavy atom. The maximum atomic E-state index is 12.9. The van der Waals surface area contributed by atoms with E-state index in [0.717, 1.165) is 31.2 Å². The van der Waals surface area contributed by atoms with Crippen LogP contribution in [0.25, 0.3) is 0 Å². The van der Waals surface area contributed by atoms with Gasteiger partial charge in [0.25, 0.3) is 0 Å². The molecule has 29 heavy (non-hydrogen) atoms. The molecule has 1 aliphatic carbocycles. The number of nitrogens with one attached hydrogen (secondary N) is 1. The highest BCUT2D eigenvalue weighted by atomic mass is 19.4. The van der Waals surface area contributed by atoms with Crippen LogP contribution in [-0.4, -0.2) is 47.1 Å². The third kappa shape index (κ3) is 4.23. The van der Waals surface area contributed by atoms with Crippen molar-refractivity contribution in [3.05, 3.63) is 29.8 Å². The standard InChI is InChI=1S/C21H27F3N2O3/c1-19(15-3-2-4-16(11-15)29-21(22,23)24)7-9-26(10-8-19)18(28)14-12-20(13-14)6-5-17(27)25-20/h2-4,11,14,17,25,27H,5-10,12-13H2,1H3. The van der Waals surface area contributed by atoms with Gasteiger partial charge in [-0.05, 0) is 61.6 Å². The number of ether oxygens (including phenoxy) is 1. The SMILES string of the molecule is CC1(c2cccc(OC(F)(F)F)c2)CCN(C(=O)C2CC3(CCC(O)N3)C2)CC1. The molecule has 160 valence electrons. The van der Waals surface area contributed by atoms with Crippen LogP contribution in [0.2, 0.25) is 0 Å². The maximum Gasteiger partial charge on any atom is 0.573 e. The first-order valence-corrected chi connectivity index (χ1v) is 10.2. The number of benzene rings is 1. The van der Waals surface area contributed by atoms with Gasteiger partial charge in [-0.25, -0.2) is 0 Å². The van der Waals surface area contributed by atoms with Gasteiger partial charge >= 0.3 is 6.36 Å². The summed E-state index contributed by atoms with van der Waals surface area (Å²) in [5.41, 5.74) is 0.445. The third-order valence-corrected chi connectivity index (χ3v) is 6.94. The van der Waals surface area contributed by atoms with Gasteiger partial charge in [0.15, 0.2) is 0 Å². The lowest BCUT2D eigenvalue weighted by Crippen LogP contribution is -2.58. The van der Waals surface area contributed by atoms with E-state index >= 15 is 0 Å². The number of hydrogen-bond acceptors (Lipinski definition) is 4. The third-order valence-electron chi connectivity index (χ3n) is 6.94. The van der Waals surface area contributed by atoms with Gasteiger partial charge in [0.1, 0.15) is 12.0 Å². The van der Waals surface area contributed by atoms with Crippen molar-refractivity contribution in [2.75, 3.05) is 13.1 Å². The molecule has 0 radical (unpaired) electrons. The van der Waals surface area contributed by atoms with E-state index in [4.69, 9.17) is 0 Å². The molecule has 1 aromatic carbocycles. The summed E-state index contributed by atoms with van der Waals surface area (Å²) in [6.45, 7) is 3.22. The number of amides is 1. The number of nitrogens with zero attached hydrogens (tertiary/aromatic N) is 1. The van der Waals surface area contributed by atoms with E-state index in [1.807, 2.05) is 17.9 Å². The van der Waals surface area contributed by atoms with Gasteiger partial charge in [-0.1, -0.05) is 19.1 Å². The van der Waals surface area contributed by atoms with Crippen molar-refractivity contribution in [1.29, 1.82) is 0 Å². The lowest BCUT2D eigenvalue weighted by Gasteiger charge is -2.48. The smallest absolute Gasteiger partial charge is 0.406 e. The summed E-state index contributed by atoms with van der Waals surface area (Å²) in [5.74, 6) is -0.0450. The average molecular weight is 412 g/mol. The molecule has 1 amide bonds. The Labute approximate surface area is 168 Å². The summed E-state index contributed by atoms with van der Waals surface area (Å²) in [5, 5.41) is 12.9. The molecule has 1 unspecified atom stereocenters. The Morgan fingerprint density at radius 1 is 1.24 bits per heavy atom. The van der Waals surface area contributed by atoms with E-state index in [1.165, 1.54) is 12.1 Å². The predicted octanol–water partition coefficient (Wildman–Crippen LogP) is 3.32. The summed E-state index contributed by atoms with van der Waals surface area (Å²) in [6, 6.07) is 6.17. The molecule has 1 spiro atoms. The second-order valence-corrected chi connectivity index (χ2v) is 9.05. The monoisotopic (exact) mass is 412 g/mol. The molecule has 2 N–H and O–H groups in total. The van der Waals surface area contributed by atoms with E-state index in [1.54, 1.807) is 6.07 Å². The quantitative estimate of drug-likeness (QED) is 0.800. The molecule has 3 aliphatic rings. The molecule has 1 atom stereocenters. The number of aliphatic hydroxyl groups is 1. The summed E-state index contributed by atoms with van der Waals surface area (Å²) < 4.78 is 41.6. The summed E-state index contributed by atoms with van der Waals surface area (Å²) in [6.07, 6.45) is -0.585. The first-order valence-electron chi connectivity index (χ1n) is 10.2. The predicted molar refractivity (Wildman–Crippen MR) is 100 cm³/mol. The molecule has 0 bridgehead atoms. The van der Waals surface area contributed by atoms with Crippen molar-refractivity contribution in [3.63, 3.8) is 0 Å². The highest BCUT2D eigenvalue weighted by Crippen LogP contribution is 2.46. The zero-order valence-electron chi connectivity index (χ0n) is 16.5. The highest BCUT2D eigenvalue weighted by Gasteiger charge is 2.52. The fourth-order valence-corrected chi connectivity index (χ4v) is 5.13. The Kier molecular flexibility index (Phi) is 5.06. The number of likely N-dealkylation sites (tertiary alicyclic amines) is 1. The molecular weight excluding hydrogens is 385 g/mol. The largest absolute Gasteiger partial charge is 0.573 e. The van der Waals surface area contributed by atoms with Gasteiger partial charge in [0, 0.05) is 24.5 Å². The van der Waals surface area contributed by atoms with Gasteiger partial charge in [0.2, 0.25) is 5.91 Å². The van der Waals surface area contributed by atoms with Gasteiger partial charge in [0.05, 0.1) is 0 Å². The average Bonchev–Trinajstić information content (AvgIpc) is 3.02. The number of alkyl halides is 3. The minimum Gasteiger partial charge on any atom is -0.406 e. The molecule has 0 aromatic heterocycles. The fraction of sp³-hybridized carbons (Fsp3) is 0.667. The first-order chi connectivity index (χ1) is 13.6. The van der Waals surface area contributed by atoms with E-state index in [9.17, 15) is 23.1 Å². The molecule has 8 heteroatoms. The summed E-state index contributed by atoms with van der Waals surface area (Å²) >= 11 is 0. The number of halogens is 3. The van der Waals surface area contributed by atoms with Crippen molar-refractivity contribution >= 4 is 5.91 Å². The van der Waals surface area contributed by atoms with Gasteiger partial charge in [-0.2, -0.15) is 0 Å². The Hall–Kier alpha value is -1.80. The summed E-state index contributed by atoms with van der Waals surface area (Å²) in [4.78, 5) is 14.7. The van der Waals surface area contributed by atoms with Crippen molar-refractivity contribution < 1.29 is 27.8 Å². The molecule has 4 rings (SSSR count). The number of rotatable bonds is 3. The lowest BCUT2D eigenvalue weighted by molar-refractivity contribution is -0.274. The summed E-state index contributed by atoms with van der Waals surface area (Å²) in [7, 11) is 0. The Balaban J connectivity index is 1.34. The van der Waals surface area contributed by atoms with E-state index in [0.29, 0.717) is 25.9 Å². The number of carbonyl (C=O) groups is 1. The number of piperidine rings is 1. The van der Waals surface area contributed by atoms with Crippen LogP contribution in [0, 0.1) is 5.92 Å². The van der Waals surface area contributed by atoms with Crippen LogP contribution in [0.4, 0.5) is 13.2 Å². The zero-order valence-corrected chi connectivity index (χ0v) is 16.5. The van der Waals surface area contributed by atoms with Gasteiger partial charge in [-0.3, -0.25) is 10.1 Å². The van der Waals surface area contributed by atoms with Crippen LogP contribution >= 0.6 is 0 Å². The molecule has 2 aliphatic heterocycles. The molecule has 3 fully saturated rings. The van der Waals surface area contributed by atoms with Crippen LogP contribution in [0.3, 0.4) is 0 Å². The van der Waals surface area contributed by atoms with Crippen LogP contribution < -0.4 is 10.1 Å². The number of hydrogen-bond donors (Lipinski definition) is 2. The van der Waals surface area contributed by atoms with Crippen molar-refractivity contribution in [2.45, 2.75) is 69.0 Å². The Bertz CT molecular complexity index is 769. The molecule has 1 saturated carbocycles. The van der Waals surface area contributed by atoms with Crippen LogP contribution in [0.5, 0.6) is 5.75 Å². The number of carbonyl (C=O) groups excluding carboxylic acids is 1.